The van der Waals surface area contributed by atoms with Crippen molar-refractivity contribution in [3.05, 3.63) is 23.5 Å². The Morgan fingerprint density at radius 3 is 2.48 bits per heavy atom. The van der Waals surface area contributed by atoms with Crippen LogP contribution in [0.25, 0.3) is 5.65 Å². The Hall–Kier alpha value is -2.57. The number of hydrogen-bond donors (Lipinski definition) is 0. The Morgan fingerprint density at radius 1 is 1.19 bits per heavy atom. The van der Waals surface area contributed by atoms with Crippen molar-refractivity contribution in [1.29, 1.82) is 0 Å². The molecule has 3 heterocycles. The molecule has 0 N–H and O–H groups in total. The third kappa shape index (κ3) is 5.02. The minimum Gasteiger partial charge on any atom is -0.444 e. The van der Waals surface area contributed by atoms with E-state index in [9.17, 15) is 26.4 Å². The zero-order chi connectivity index (χ0) is 23.2. The second-order valence-corrected chi connectivity index (χ2v) is 9.78. The van der Waals surface area contributed by atoms with Crippen LogP contribution in [0.2, 0.25) is 0 Å². The summed E-state index contributed by atoms with van der Waals surface area (Å²) in [6.07, 6.45) is 1.78. The maximum atomic E-state index is 12.6. The van der Waals surface area contributed by atoms with E-state index in [0.717, 1.165) is 18.9 Å². The summed E-state index contributed by atoms with van der Waals surface area (Å²) in [5.41, 5.74) is -5.38. The average Bonchev–Trinajstić information content (AvgIpc) is 3.03. The van der Waals surface area contributed by atoms with Gasteiger partial charge in [-0.15, -0.1) is 0 Å². The molecule has 0 spiro atoms. The maximum absolute atomic E-state index is 12.6. The topological polar surface area (TPSA) is 103 Å². The number of hydrogen-bond acceptors (Lipinski definition) is 7. The number of halogens is 3. The van der Waals surface area contributed by atoms with Gasteiger partial charge < -0.3 is 8.92 Å². The fraction of sp³-hybridized carbons (Fsp3) is 0.611. The number of carbonyl (C=O) groups is 1. The standard InChI is InChI=1S/C18H23F3N4O5S/c1-11-9-15(30-31(27,28)18(19,20)21)22-14-10-12(23-25(11)14)13-7-5-6-8-24(13)16(26)29-17(2,3)4/h9-10,13H,5-8H2,1-4H3/t13-/m0/s1. The molecule has 2 aromatic heterocycles. The van der Waals surface area contributed by atoms with Gasteiger partial charge >= 0.3 is 21.7 Å². The Bertz CT molecular complexity index is 1090. The number of fused-ring (bicyclic) bond motifs is 1. The minimum atomic E-state index is -5.85. The molecule has 1 atom stereocenters. The fourth-order valence-electron chi connectivity index (χ4n) is 3.26. The number of nitrogens with zero attached hydrogens (tertiary/aromatic N) is 4. The SMILES string of the molecule is Cc1cc(OS(=O)(=O)C(F)(F)F)nc2cc([C@@H]3CCCCN3C(=O)OC(C)(C)C)nn12. The summed E-state index contributed by atoms with van der Waals surface area (Å²) >= 11 is 0. The van der Waals surface area contributed by atoms with Crippen molar-refractivity contribution in [3.63, 3.8) is 0 Å². The molecule has 9 nitrogen and oxygen atoms in total. The predicted octanol–water partition coefficient (Wildman–Crippen LogP) is 3.73. The summed E-state index contributed by atoms with van der Waals surface area (Å²) in [7, 11) is -5.85. The second kappa shape index (κ2) is 7.84. The van der Waals surface area contributed by atoms with E-state index < -0.39 is 39.2 Å². The third-order valence-electron chi connectivity index (χ3n) is 4.55. The van der Waals surface area contributed by atoms with Crippen LogP contribution in [0.5, 0.6) is 5.88 Å². The number of rotatable bonds is 3. The number of piperidine rings is 1. The molecular formula is C18H23F3N4O5S. The van der Waals surface area contributed by atoms with E-state index in [0.29, 0.717) is 24.4 Å². The Labute approximate surface area is 177 Å². The van der Waals surface area contributed by atoms with Crippen molar-refractivity contribution in [2.24, 2.45) is 0 Å². The van der Waals surface area contributed by atoms with E-state index in [-0.39, 0.29) is 5.65 Å². The lowest BCUT2D eigenvalue weighted by Gasteiger charge is -2.35. The number of carbonyl (C=O) groups excluding carboxylic acids is 1. The van der Waals surface area contributed by atoms with Gasteiger partial charge in [0.15, 0.2) is 5.65 Å². The number of aryl methyl sites for hydroxylation is 1. The van der Waals surface area contributed by atoms with Gasteiger partial charge in [0.05, 0.1) is 11.7 Å². The smallest absolute Gasteiger partial charge is 0.444 e. The molecule has 1 saturated heterocycles. The van der Waals surface area contributed by atoms with E-state index >= 15 is 0 Å². The van der Waals surface area contributed by atoms with Crippen molar-refractivity contribution in [2.45, 2.75) is 64.1 Å². The molecule has 0 radical (unpaired) electrons. The molecule has 0 bridgehead atoms. The van der Waals surface area contributed by atoms with Crippen molar-refractivity contribution in [1.82, 2.24) is 19.5 Å². The van der Waals surface area contributed by atoms with Crippen molar-refractivity contribution >= 4 is 21.9 Å². The summed E-state index contributed by atoms with van der Waals surface area (Å²) in [4.78, 5) is 18.1. The summed E-state index contributed by atoms with van der Waals surface area (Å²) in [6.45, 7) is 7.28. The van der Waals surface area contributed by atoms with Crippen LogP contribution in [0.15, 0.2) is 12.1 Å². The molecule has 13 heteroatoms. The first-order valence-corrected chi connectivity index (χ1v) is 11.0. The van der Waals surface area contributed by atoms with Gasteiger partial charge in [-0.3, -0.25) is 4.90 Å². The van der Waals surface area contributed by atoms with Gasteiger partial charge in [0.25, 0.3) is 0 Å². The van der Waals surface area contributed by atoms with Crippen molar-refractivity contribution in [3.8, 4) is 5.88 Å². The third-order valence-corrected chi connectivity index (χ3v) is 5.51. The molecule has 172 valence electrons. The van der Waals surface area contributed by atoms with E-state index in [4.69, 9.17) is 4.74 Å². The summed E-state index contributed by atoms with van der Waals surface area (Å²) in [5, 5.41) is 4.43. The molecule has 3 rings (SSSR count). The first-order valence-electron chi connectivity index (χ1n) is 9.56. The highest BCUT2D eigenvalue weighted by Crippen LogP contribution is 2.33. The van der Waals surface area contributed by atoms with Crippen LogP contribution in [0.1, 0.15) is 57.5 Å². The molecule has 0 unspecified atom stereocenters. The first-order chi connectivity index (χ1) is 14.2. The molecule has 1 aliphatic heterocycles. The fourth-order valence-corrected chi connectivity index (χ4v) is 3.66. The molecule has 31 heavy (non-hydrogen) atoms. The van der Waals surface area contributed by atoms with Gasteiger partial charge in [-0.25, -0.2) is 9.31 Å². The van der Waals surface area contributed by atoms with E-state index in [2.05, 4.69) is 14.3 Å². The Morgan fingerprint density at radius 2 is 1.87 bits per heavy atom. The number of ether oxygens (including phenoxy) is 1. The van der Waals surface area contributed by atoms with E-state index in [1.165, 1.54) is 17.5 Å². The average molecular weight is 464 g/mol. The van der Waals surface area contributed by atoms with Gasteiger partial charge in [0.2, 0.25) is 5.88 Å². The van der Waals surface area contributed by atoms with Crippen molar-refractivity contribution in [2.75, 3.05) is 6.54 Å². The van der Waals surface area contributed by atoms with Crippen LogP contribution in [0, 0.1) is 6.92 Å². The first kappa shape index (κ1) is 23.1. The predicted molar refractivity (Wildman–Crippen MR) is 103 cm³/mol. The van der Waals surface area contributed by atoms with Crippen LogP contribution < -0.4 is 4.18 Å². The maximum Gasteiger partial charge on any atom is 0.534 e. The second-order valence-electron chi connectivity index (χ2n) is 8.24. The molecule has 1 amide bonds. The molecule has 2 aromatic rings. The van der Waals surface area contributed by atoms with Gasteiger partial charge in [-0.1, -0.05) is 0 Å². The highest BCUT2D eigenvalue weighted by atomic mass is 32.2. The molecule has 0 saturated carbocycles. The highest BCUT2D eigenvalue weighted by Gasteiger charge is 2.49. The van der Waals surface area contributed by atoms with Gasteiger partial charge in [-0.2, -0.15) is 31.7 Å². The zero-order valence-electron chi connectivity index (χ0n) is 17.4. The van der Waals surface area contributed by atoms with Crippen molar-refractivity contribution < 1.29 is 35.3 Å². The largest absolute Gasteiger partial charge is 0.534 e. The van der Waals surface area contributed by atoms with Gasteiger partial charge in [0, 0.05) is 24.4 Å². The number of aromatic nitrogens is 3. The lowest BCUT2D eigenvalue weighted by atomic mass is 10.00. The Kier molecular flexibility index (Phi) is 5.84. The molecule has 1 aliphatic rings. The lowest BCUT2D eigenvalue weighted by molar-refractivity contribution is -0.0501. The summed E-state index contributed by atoms with van der Waals surface area (Å²) in [6, 6.07) is 2.13. The molecule has 1 fully saturated rings. The number of amides is 1. The van der Waals surface area contributed by atoms with Crippen LogP contribution in [0.3, 0.4) is 0 Å². The van der Waals surface area contributed by atoms with E-state index in [1.54, 1.807) is 25.7 Å². The zero-order valence-corrected chi connectivity index (χ0v) is 18.2. The van der Waals surface area contributed by atoms with Crippen LogP contribution in [0.4, 0.5) is 18.0 Å². The summed E-state index contributed by atoms with van der Waals surface area (Å²) in [5.74, 6) is -0.721. The quantitative estimate of drug-likeness (QED) is 0.504. The van der Waals surface area contributed by atoms with Crippen LogP contribution in [-0.2, 0) is 14.9 Å². The molecule has 0 aromatic carbocycles. The molecule has 0 aliphatic carbocycles. The van der Waals surface area contributed by atoms with Crippen LogP contribution in [-0.4, -0.2) is 51.7 Å². The Balaban J connectivity index is 1.94. The number of alkyl halides is 3. The molecular weight excluding hydrogens is 441 g/mol. The normalized spacial score (nSPS) is 18.3. The van der Waals surface area contributed by atoms with E-state index in [1.807, 2.05) is 0 Å². The van der Waals surface area contributed by atoms with Gasteiger partial charge in [0.1, 0.15) is 5.60 Å². The highest BCUT2D eigenvalue weighted by molar-refractivity contribution is 7.87. The minimum absolute atomic E-state index is 0.0945. The van der Waals surface area contributed by atoms with Crippen LogP contribution >= 0.6 is 0 Å². The monoisotopic (exact) mass is 464 g/mol. The lowest BCUT2D eigenvalue weighted by Crippen LogP contribution is -2.42. The summed E-state index contributed by atoms with van der Waals surface area (Å²) < 4.78 is 71.4. The number of likely N-dealkylation sites (tertiary alicyclic amines) is 1. The van der Waals surface area contributed by atoms with Gasteiger partial charge in [-0.05, 0) is 47.0 Å².